The summed E-state index contributed by atoms with van der Waals surface area (Å²) < 4.78 is 0. The number of aromatic amines is 1. The summed E-state index contributed by atoms with van der Waals surface area (Å²) >= 11 is 0. The summed E-state index contributed by atoms with van der Waals surface area (Å²) in [4.78, 5) is 73.5. The summed E-state index contributed by atoms with van der Waals surface area (Å²) in [6, 6.07) is 8.70. The zero-order chi connectivity index (χ0) is 38.4. The number of nitrogens with one attached hydrogen (secondary N) is 5. The zero-order valence-electron chi connectivity index (χ0n) is 29.7. The highest BCUT2D eigenvalue weighted by molar-refractivity contribution is 5.96. The average Bonchev–Trinajstić information content (AvgIpc) is 3.50. The SMILES string of the molecule is CC(C)C[C@H](NC(=O)[C@H](Cc1ccc(O)cc1)NC(=O)[C@H](C)CCCN=C(N)N)C(=O)N[C@@H](Cc1c[nH]c2ccccc12)C(=O)N[C@@H](CO)C(N)=O. The van der Waals surface area contributed by atoms with Crippen LogP contribution in [0.25, 0.3) is 10.9 Å². The third-order valence-electron chi connectivity index (χ3n) is 8.46. The van der Waals surface area contributed by atoms with Gasteiger partial charge in [0.15, 0.2) is 5.96 Å². The number of primary amides is 1. The quantitative estimate of drug-likeness (QED) is 0.0420. The first-order valence-corrected chi connectivity index (χ1v) is 17.2. The number of nitrogens with zero attached hydrogens (tertiary/aromatic N) is 1. The molecule has 0 aliphatic carbocycles. The van der Waals surface area contributed by atoms with Crippen LogP contribution >= 0.6 is 0 Å². The monoisotopic (exact) mass is 721 g/mol. The van der Waals surface area contributed by atoms with Crippen molar-refractivity contribution in [2.45, 2.75) is 77.0 Å². The largest absolute Gasteiger partial charge is 0.508 e. The van der Waals surface area contributed by atoms with Crippen molar-refractivity contribution in [1.82, 2.24) is 26.3 Å². The van der Waals surface area contributed by atoms with Gasteiger partial charge in [-0.3, -0.25) is 29.0 Å². The van der Waals surface area contributed by atoms with Crippen LogP contribution in [0.2, 0.25) is 0 Å². The molecule has 0 unspecified atom stereocenters. The van der Waals surface area contributed by atoms with Crippen LogP contribution in [0.15, 0.2) is 59.7 Å². The normalized spacial score (nSPS) is 14.0. The Hall–Kier alpha value is -5.64. The Labute approximate surface area is 302 Å². The molecule has 52 heavy (non-hydrogen) atoms. The molecule has 16 nitrogen and oxygen atoms in total. The lowest BCUT2D eigenvalue weighted by molar-refractivity contribution is -0.135. The lowest BCUT2D eigenvalue weighted by Gasteiger charge is -2.27. The molecule has 0 fully saturated rings. The Kier molecular flexibility index (Phi) is 15.4. The molecule has 0 radical (unpaired) electrons. The van der Waals surface area contributed by atoms with Crippen molar-refractivity contribution in [3.63, 3.8) is 0 Å². The van der Waals surface area contributed by atoms with E-state index in [-0.39, 0.29) is 36.9 Å². The molecule has 2 aromatic carbocycles. The molecule has 0 bridgehead atoms. The maximum atomic E-state index is 14.0. The maximum absolute atomic E-state index is 14.0. The molecule has 3 aromatic rings. The van der Waals surface area contributed by atoms with Crippen molar-refractivity contribution in [2.24, 2.45) is 34.0 Å². The van der Waals surface area contributed by atoms with Crippen LogP contribution in [0.5, 0.6) is 5.75 Å². The van der Waals surface area contributed by atoms with Gasteiger partial charge in [-0.25, -0.2) is 0 Å². The highest BCUT2D eigenvalue weighted by Gasteiger charge is 2.32. The van der Waals surface area contributed by atoms with Gasteiger partial charge in [-0.2, -0.15) is 0 Å². The number of carbonyl (C=O) groups excluding carboxylic acids is 5. The van der Waals surface area contributed by atoms with E-state index < -0.39 is 66.2 Å². The number of hydrogen-bond donors (Lipinski definition) is 10. The molecule has 0 saturated carbocycles. The van der Waals surface area contributed by atoms with Crippen molar-refractivity contribution in [3.05, 3.63) is 65.9 Å². The van der Waals surface area contributed by atoms with Crippen LogP contribution in [-0.4, -0.2) is 88.0 Å². The Bertz CT molecular complexity index is 1700. The highest BCUT2D eigenvalue weighted by atomic mass is 16.3. The summed E-state index contributed by atoms with van der Waals surface area (Å²) in [5.41, 5.74) is 18.3. The van der Waals surface area contributed by atoms with Crippen LogP contribution in [0, 0.1) is 11.8 Å². The number of para-hydroxylation sites is 1. The van der Waals surface area contributed by atoms with E-state index >= 15 is 0 Å². The van der Waals surface area contributed by atoms with Gasteiger partial charge in [-0.15, -0.1) is 0 Å². The number of amides is 5. The van der Waals surface area contributed by atoms with Gasteiger partial charge in [0.2, 0.25) is 29.5 Å². The second-order valence-electron chi connectivity index (χ2n) is 13.2. The number of aliphatic hydroxyl groups is 1. The smallest absolute Gasteiger partial charge is 0.243 e. The van der Waals surface area contributed by atoms with Crippen LogP contribution in [0.3, 0.4) is 0 Å². The molecular formula is C36H51N9O7. The van der Waals surface area contributed by atoms with Crippen molar-refractivity contribution >= 4 is 46.4 Å². The number of aliphatic hydroxyl groups excluding tert-OH is 1. The molecule has 282 valence electrons. The number of nitrogens with two attached hydrogens (primary N) is 3. The van der Waals surface area contributed by atoms with E-state index in [0.29, 0.717) is 30.5 Å². The van der Waals surface area contributed by atoms with E-state index in [1.807, 2.05) is 38.1 Å². The number of H-pyrrole nitrogens is 1. The third-order valence-corrected chi connectivity index (χ3v) is 8.46. The van der Waals surface area contributed by atoms with E-state index in [2.05, 4.69) is 31.2 Å². The number of phenolic OH excluding ortho intramolecular Hbond substituents is 1. The van der Waals surface area contributed by atoms with Gasteiger partial charge in [0.1, 0.15) is 29.9 Å². The zero-order valence-corrected chi connectivity index (χ0v) is 29.7. The first-order chi connectivity index (χ1) is 24.7. The molecule has 1 heterocycles. The van der Waals surface area contributed by atoms with E-state index in [0.717, 1.165) is 10.9 Å². The number of fused-ring (bicyclic) bond motifs is 1. The fourth-order valence-electron chi connectivity index (χ4n) is 5.58. The van der Waals surface area contributed by atoms with Crippen LogP contribution < -0.4 is 38.5 Å². The predicted octanol–water partition coefficient (Wildman–Crippen LogP) is -0.189. The number of benzene rings is 2. The molecule has 0 spiro atoms. The topological polar surface area (TPSA) is 280 Å². The Morgan fingerprint density at radius 1 is 0.769 bits per heavy atom. The summed E-state index contributed by atoms with van der Waals surface area (Å²) in [5.74, 6) is -4.02. The maximum Gasteiger partial charge on any atom is 0.243 e. The first kappa shape index (κ1) is 40.8. The number of aromatic nitrogens is 1. The second kappa shape index (κ2) is 19.7. The van der Waals surface area contributed by atoms with Gasteiger partial charge >= 0.3 is 0 Å². The summed E-state index contributed by atoms with van der Waals surface area (Å²) in [5, 5.41) is 30.9. The molecule has 5 amide bonds. The van der Waals surface area contributed by atoms with Gasteiger partial charge < -0.3 is 53.7 Å². The van der Waals surface area contributed by atoms with Gasteiger partial charge in [0.05, 0.1) is 6.61 Å². The Morgan fingerprint density at radius 2 is 1.35 bits per heavy atom. The highest BCUT2D eigenvalue weighted by Crippen LogP contribution is 2.20. The molecule has 0 aliphatic heterocycles. The predicted molar refractivity (Wildman–Crippen MR) is 196 cm³/mol. The lowest BCUT2D eigenvalue weighted by atomic mass is 9.99. The minimum atomic E-state index is -1.39. The van der Waals surface area contributed by atoms with Crippen molar-refractivity contribution in [1.29, 1.82) is 0 Å². The fourth-order valence-corrected chi connectivity index (χ4v) is 5.58. The number of hydrogen-bond acceptors (Lipinski definition) is 8. The number of phenols is 1. The van der Waals surface area contributed by atoms with Gasteiger partial charge in [-0.05, 0) is 54.5 Å². The Balaban J connectivity index is 1.86. The number of aromatic hydroxyl groups is 1. The standard InChI is InChI=1S/C36H51N9O7/c1-20(2)15-27(33(50)44-29(35(52)45-30(19-46)31(37)48)17-23-18-41-26-9-5-4-8-25(23)26)43-34(51)28(16-22-10-12-24(47)13-11-22)42-32(49)21(3)7-6-14-40-36(38)39/h4-5,8-13,18,20-21,27-30,41,46-47H,6-7,14-17,19H2,1-3H3,(H2,37,48)(H,42,49)(H,43,51)(H,44,50)(H,45,52)(H4,38,39,40)/t21-,27+,28+,29+,30+/m1/s1. The van der Waals surface area contributed by atoms with Crippen LogP contribution in [0.1, 0.15) is 51.2 Å². The number of aliphatic imine (C=N–C) groups is 1. The van der Waals surface area contributed by atoms with Gasteiger partial charge in [0, 0.05) is 42.4 Å². The summed E-state index contributed by atoms with van der Waals surface area (Å²) in [6.07, 6.45) is 2.92. The van der Waals surface area contributed by atoms with Crippen molar-refractivity contribution in [2.75, 3.05) is 13.2 Å². The Morgan fingerprint density at radius 3 is 1.96 bits per heavy atom. The molecule has 16 heteroatoms. The third kappa shape index (κ3) is 12.6. The number of guanidine groups is 1. The molecule has 5 atom stereocenters. The van der Waals surface area contributed by atoms with Crippen molar-refractivity contribution in [3.8, 4) is 5.75 Å². The minimum absolute atomic E-state index is 0.00144. The molecular weight excluding hydrogens is 670 g/mol. The van der Waals surface area contributed by atoms with E-state index in [1.165, 1.54) is 12.1 Å². The summed E-state index contributed by atoms with van der Waals surface area (Å²) in [6.45, 7) is 5.03. The molecule has 3 rings (SSSR count). The molecule has 0 saturated heterocycles. The van der Waals surface area contributed by atoms with Crippen molar-refractivity contribution < 1.29 is 34.2 Å². The average molecular weight is 722 g/mol. The lowest BCUT2D eigenvalue weighted by Crippen LogP contribution is -2.59. The van der Waals surface area contributed by atoms with Crippen LogP contribution in [0.4, 0.5) is 0 Å². The fraction of sp³-hybridized carbons (Fsp3) is 0.444. The number of rotatable bonds is 20. The van der Waals surface area contributed by atoms with E-state index in [4.69, 9.17) is 17.2 Å². The molecule has 13 N–H and O–H groups in total. The summed E-state index contributed by atoms with van der Waals surface area (Å²) in [7, 11) is 0. The molecule has 1 aromatic heterocycles. The van der Waals surface area contributed by atoms with Gasteiger partial charge in [-0.1, -0.05) is 51.1 Å². The first-order valence-electron chi connectivity index (χ1n) is 17.2. The van der Waals surface area contributed by atoms with E-state index in [9.17, 15) is 34.2 Å². The second-order valence-corrected chi connectivity index (χ2v) is 13.2. The number of carbonyl (C=O) groups is 5. The molecule has 0 aliphatic rings. The van der Waals surface area contributed by atoms with E-state index in [1.54, 1.807) is 25.3 Å². The van der Waals surface area contributed by atoms with Crippen LogP contribution in [-0.2, 0) is 36.8 Å². The van der Waals surface area contributed by atoms with Gasteiger partial charge in [0.25, 0.3) is 0 Å². The minimum Gasteiger partial charge on any atom is -0.508 e.